The zero-order valence-electron chi connectivity index (χ0n) is 10.8. The van der Waals surface area contributed by atoms with Crippen LogP contribution in [-0.4, -0.2) is 4.98 Å². The third-order valence-corrected chi connectivity index (χ3v) is 2.81. The summed E-state index contributed by atoms with van der Waals surface area (Å²) in [4.78, 5) is 4.15. The quantitative estimate of drug-likeness (QED) is 0.896. The van der Waals surface area contributed by atoms with Crippen LogP contribution in [0.15, 0.2) is 36.7 Å². The van der Waals surface area contributed by atoms with Gasteiger partial charge in [0, 0.05) is 24.5 Å². The molecule has 2 rings (SSSR count). The highest BCUT2D eigenvalue weighted by Crippen LogP contribution is 2.20. The van der Waals surface area contributed by atoms with Crippen molar-refractivity contribution in [2.24, 2.45) is 5.73 Å². The van der Waals surface area contributed by atoms with Gasteiger partial charge in [0.2, 0.25) is 0 Å². The Hall–Kier alpha value is -1.87. The SMILES string of the molecule is Cc1cncc(COc2cc(CN)ccc2C)c1. The van der Waals surface area contributed by atoms with Crippen LogP contribution in [0, 0.1) is 13.8 Å². The van der Waals surface area contributed by atoms with Gasteiger partial charge in [0.05, 0.1) is 0 Å². The van der Waals surface area contributed by atoms with Crippen molar-refractivity contribution in [3.63, 3.8) is 0 Å². The minimum absolute atomic E-state index is 0.530. The zero-order valence-corrected chi connectivity index (χ0v) is 10.8. The molecule has 3 nitrogen and oxygen atoms in total. The highest BCUT2D eigenvalue weighted by atomic mass is 16.5. The van der Waals surface area contributed by atoms with Gasteiger partial charge in [-0.15, -0.1) is 0 Å². The largest absolute Gasteiger partial charge is 0.489 e. The van der Waals surface area contributed by atoms with Crippen molar-refractivity contribution in [2.75, 3.05) is 0 Å². The number of aryl methyl sites for hydroxylation is 2. The van der Waals surface area contributed by atoms with Crippen LogP contribution in [0.2, 0.25) is 0 Å². The van der Waals surface area contributed by atoms with E-state index >= 15 is 0 Å². The number of hydrogen-bond donors (Lipinski definition) is 1. The van der Waals surface area contributed by atoms with Gasteiger partial charge in [-0.1, -0.05) is 12.1 Å². The number of ether oxygens (including phenoxy) is 1. The fourth-order valence-corrected chi connectivity index (χ4v) is 1.78. The Morgan fingerprint density at radius 3 is 2.67 bits per heavy atom. The number of aromatic nitrogens is 1. The molecule has 0 aliphatic rings. The van der Waals surface area contributed by atoms with Crippen molar-refractivity contribution in [1.29, 1.82) is 0 Å². The molecule has 2 N–H and O–H groups in total. The number of nitrogens with two attached hydrogens (primary N) is 1. The van der Waals surface area contributed by atoms with Crippen LogP contribution >= 0.6 is 0 Å². The van der Waals surface area contributed by atoms with Gasteiger partial charge in [-0.25, -0.2) is 0 Å². The molecule has 0 amide bonds. The molecule has 0 radical (unpaired) electrons. The molecule has 1 heterocycles. The van der Waals surface area contributed by atoms with E-state index in [4.69, 9.17) is 10.5 Å². The molecule has 0 atom stereocenters. The molecule has 0 aliphatic heterocycles. The summed E-state index contributed by atoms with van der Waals surface area (Å²) in [5.74, 6) is 0.888. The first-order valence-corrected chi connectivity index (χ1v) is 6.02. The lowest BCUT2D eigenvalue weighted by atomic mass is 10.1. The second-order valence-corrected chi connectivity index (χ2v) is 4.46. The first kappa shape index (κ1) is 12.6. The molecule has 1 aromatic heterocycles. The van der Waals surface area contributed by atoms with Crippen LogP contribution in [0.4, 0.5) is 0 Å². The zero-order chi connectivity index (χ0) is 13.0. The van der Waals surface area contributed by atoms with E-state index in [1.807, 2.05) is 44.4 Å². The summed E-state index contributed by atoms with van der Waals surface area (Å²) in [7, 11) is 0. The maximum Gasteiger partial charge on any atom is 0.123 e. The molecule has 0 saturated heterocycles. The van der Waals surface area contributed by atoms with Crippen LogP contribution in [0.1, 0.15) is 22.3 Å². The predicted molar refractivity (Wildman–Crippen MR) is 72.4 cm³/mol. The van der Waals surface area contributed by atoms with Crippen molar-refractivity contribution in [3.8, 4) is 5.75 Å². The predicted octanol–water partition coefficient (Wildman–Crippen LogP) is 2.74. The lowest BCUT2D eigenvalue weighted by Crippen LogP contribution is -2.01. The van der Waals surface area contributed by atoms with E-state index in [0.29, 0.717) is 13.2 Å². The number of benzene rings is 1. The fraction of sp³-hybridized carbons (Fsp3) is 0.267. The van der Waals surface area contributed by atoms with Gasteiger partial charge in [-0.2, -0.15) is 0 Å². The molecule has 94 valence electrons. The fourth-order valence-electron chi connectivity index (χ4n) is 1.78. The Balaban J connectivity index is 2.10. The molecule has 3 heteroatoms. The molecular weight excluding hydrogens is 224 g/mol. The standard InChI is InChI=1S/C15H18N2O/c1-11-5-14(9-17-8-11)10-18-15-6-13(7-16)4-3-12(15)2/h3-6,8-9H,7,10,16H2,1-2H3. The molecule has 0 aliphatic carbocycles. The van der Waals surface area contributed by atoms with Crippen LogP contribution < -0.4 is 10.5 Å². The van der Waals surface area contributed by atoms with Crippen LogP contribution in [0.25, 0.3) is 0 Å². The van der Waals surface area contributed by atoms with E-state index < -0.39 is 0 Å². The Morgan fingerprint density at radius 2 is 1.94 bits per heavy atom. The van der Waals surface area contributed by atoms with Gasteiger partial charge in [-0.05, 0) is 42.7 Å². The smallest absolute Gasteiger partial charge is 0.123 e. The minimum Gasteiger partial charge on any atom is -0.489 e. The Morgan fingerprint density at radius 1 is 1.11 bits per heavy atom. The maximum absolute atomic E-state index is 5.82. The van der Waals surface area contributed by atoms with Gasteiger partial charge in [0.15, 0.2) is 0 Å². The number of pyridine rings is 1. The second-order valence-electron chi connectivity index (χ2n) is 4.46. The third-order valence-electron chi connectivity index (χ3n) is 2.81. The number of hydrogen-bond acceptors (Lipinski definition) is 3. The Bertz CT molecular complexity index is 538. The van der Waals surface area contributed by atoms with Crippen LogP contribution in [0.3, 0.4) is 0 Å². The molecular formula is C15H18N2O. The van der Waals surface area contributed by atoms with E-state index in [9.17, 15) is 0 Å². The summed E-state index contributed by atoms with van der Waals surface area (Å²) in [6.07, 6.45) is 3.67. The molecule has 0 saturated carbocycles. The van der Waals surface area contributed by atoms with Crippen molar-refractivity contribution in [2.45, 2.75) is 27.0 Å². The molecule has 18 heavy (non-hydrogen) atoms. The van der Waals surface area contributed by atoms with E-state index in [1.54, 1.807) is 0 Å². The number of nitrogens with zero attached hydrogens (tertiary/aromatic N) is 1. The number of rotatable bonds is 4. The molecule has 0 fully saturated rings. The van der Waals surface area contributed by atoms with Crippen molar-refractivity contribution in [3.05, 3.63) is 58.9 Å². The summed E-state index contributed by atoms with van der Waals surface area (Å²) >= 11 is 0. The minimum atomic E-state index is 0.530. The molecule has 0 unspecified atom stereocenters. The van der Waals surface area contributed by atoms with E-state index in [-0.39, 0.29) is 0 Å². The van der Waals surface area contributed by atoms with Crippen LogP contribution in [-0.2, 0) is 13.2 Å². The molecule has 2 aromatic rings. The van der Waals surface area contributed by atoms with Gasteiger partial charge in [-0.3, -0.25) is 4.98 Å². The maximum atomic E-state index is 5.82. The Labute approximate surface area is 108 Å². The molecule has 0 bridgehead atoms. The van der Waals surface area contributed by atoms with E-state index in [2.05, 4.69) is 11.1 Å². The second kappa shape index (κ2) is 5.65. The first-order valence-electron chi connectivity index (χ1n) is 6.02. The van der Waals surface area contributed by atoms with E-state index in [0.717, 1.165) is 28.0 Å². The summed E-state index contributed by atoms with van der Waals surface area (Å²) in [5.41, 5.74) is 10.0. The van der Waals surface area contributed by atoms with Crippen molar-refractivity contribution >= 4 is 0 Å². The first-order chi connectivity index (χ1) is 8.69. The highest BCUT2D eigenvalue weighted by molar-refractivity contribution is 5.36. The van der Waals surface area contributed by atoms with Gasteiger partial charge in [0.25, 0.3) is 0 Å². The average molecular weight is 242 g/mol. The van der Waals surface area contributed by atoms with Crippen molar-refractivity contribution in [1.82, 2.24) is 4.98 Å². The summed E-state index contributed by atoms with van der Waals surface area (Å²) in [6.45, 7) is 5.12. The van der Waals surface area contributed by atoms with Gasteiger partial charge in [0.1, 0.15) is 12.4 Å². The summed E-state index contributed by atoms with van der Waals surface area (Å²) in [6, 6.07) is 8.14. The van der Waals surface area contributed by atoms with Gasteiger partial charge >= 0.3 is 0 Å². The Kier molecular flexibility index (Phi) is 3.95. The lowest BCUT2D eigenvalue weighted by molar-refractivity contribution is 0.303. The average Bonchev–Trinajstić information content (AvgIpc) is 2.38. The summed E-state index contributed by atoms with van der Waals surface area (Å²) < 4.78 is 5.82. The molecule has 0 spiro atoms. The van der Waals surface area contributed by atoms with Crippen LogP contribution in [0.5, 0.6) is 5.75 Å². The molecule has 1 aromatic carbocycles. The normalized spacial score (nSPS) is 10.4. The van der Waals surface area contributed by atoms with E-state index in [1.165, 1.54) is 0 Å². The topological polar surface area (TPSA) is 48.1 Å². The lowest BCUT2D eigenvalue weighted by Gasteiger charge is -2.10. The summed E-state index contributed by atoms with van der Waals surface area (Å²) in [5, 5.41) is 0. The monoisotopic (exact) mass is 242 g/mol. The van der Waals surface area contributed by atoms with Gasteiger partial charge < -0.3 is 10.5 Å². The van der Waals surface area contributed by atoms with Crippen molar-refractivity contribution < 1.29 is 4.74 Å². The highest BCUT2D eigenvalue weighted by Gasteiger charge is 2.02. The third kappa shape index (κ3) is 3.08.